The monoisotopic (exact) mass is 671 g/mol. The number of carbonyl (C=O) groups is 4. The average Bonchev–Trinajstić information content (AvgIpc) is 3.10. The van der Waals surface area contributed by atoms with E-state index < -0.39 is 54.9 Å². The Morgan fingerprint density at radius 1 is 0.556 bits per heavy atom. The van der Waals surface area contributed by atoms with Crippen molar-refractivity contribution in [1.29, 1.82) is 0 Å². The molecule has 0 N–H and O–H groups in total. The van der Waals surface area contributed by atoms with Crippen molar-refractivity contribution in [2.45, 2.75) is 24.4 Å². The van der Waals surface area contributed by atoms with Gasteiger partial charge in [0.2, 0.25) is 12.0 Å². The van der Waals surface area contributed by atoms with E-state index >= 15 is 0 Å². The van der Waals surface area contributed by atoms with Gasteiger partial charge in [-0.3, -0.25) is 0 Å². The molecule has 5 rings (SSSR count). The van der Waals surface area contributed by atoms with Gasteiger partial charge in [-0.15, -0.1) is 0 Å². The molecule has 4 aromatic carbocycles. The van der Waals surface area contributed by atoms with E-state index in [-0.39, 0.29) is 28.2 Å². The predicted octanol–water partition coefficient (Wildman–Crippen LogP) is 5.63. The largest absolute Gasteiger partial charge is 0.467 e. The molecule has 1 heterocycles. The normalized spacial score (nSPS) is 19.9. The molecule has 11 heteroatoms. The first-order valence-electron chi connectivity index (χ1n) is 13.8. The summed E-state index contributed by atoms with van der Waals surface area (Å²) in [5, 5.41) is 0. The molecule has 1 aliphatic rings. The number of rotatable bonds is 9. The van der Waals surface area contributed by atoms with E-state index in [0.717, 1.165) is 0 Å². The van der Waals surface area contributed by atoms with E-state index in [2.05, 4.69) is 20.2 Å². The summed E-state index contributed by atoms with van der Waals surface area (Å²) in [5.41, 5.74) is 0.872. The minimum atomic E-state index is -1.48. The van der Waals surface area contributed by atoms with Gasteiger partial charge in [-0.2, -0.15) is 4.02 Å². The third kappa shape index (κ3) is 7.81. The van der Waals surface area contributed by atoms with Crippen LogP contribution in [-0.2, 0) is 23.7 Å². The van der Waals surface area contributed by atoms with Crippen molar-refractivity contribution in [3.8, 4) is 0 Å². The molecule has 1 saturated heterocycles. The Morgan fingerprint density at radius 2 is 0.933 bits per heavy atom. The van der Waals surface area contributed by atoms with Crippen molar-refractivity contribution < 1.29 is 42.9 Å². The van der Waals surface area contributed by atoms with Gasteiger partial charge in [-0.05, 0) is 48.5 Å². The third-order valence-electron chi connectivity index (χ3n) is 6.72. The van der Waals surface area contributed by atoms with Crippen molar-refractivity contribution >= 4 is 45.9 Å². The van der Waals surface area contributed by atoms with Gasteiger partial charge in [0.15, 0.2) is 18.3 Å². The van der Waals surface area contributed by atoms with E-state index in [0.29, 0.717) is 0 Å². The molecular formula is C34H26BrNO9. The number of carbonyl (C=O) groups excluding carboxylic acids is 4. The molecule has 1 aliphatic heterocycles. The highest BCUT2D eigenvalue weighted by Crippen LogP contribution is 2.29. The van der Waals surface area contributed by atoms with Crippen LogP contribution in [0.2, 0.25) is 0 Å². The summed E-state index contributed by atoms with van der Waals surface area (Å²) in [4.78, 5) is 52.8. The lowest BCUT2D eigenvalue weighted by molar-refractivity contribution is -0.139. The summed E-state index contributed by atoms with van der Waals surface area (Å²) in [6, 6.07) is 32.6. The van der Waals surface area contributed by atoms with E-state index in [9.17, 15) is 19.2 Å². The molecule has 0 spiro atoms. The fourth-order valence-electron chi connectivity index (χ4n) is 4.50. The quantitative estimate of drug-likeness (QED) is 0.164. The molecule has 10 nitrogen and oxygen atoms in total. The van der Waals surface area contributed by atoms with Crippen LogP contribution in [0, 0.1) is 0 Å². The number of nitrogens with zero attached hydrogens (tertiary/aromatic N) is 1. The van der Waals surface area contributed by atoms with Crippen LogP contribution in [0.5, 0.6) is 0 Å². The van der Waals surface area contributed by atoms with E-state index in [1.807, 2.05) is 0 Å². The van der Waals surface area contributed by atoms with Gasteiger partial charge in [0.05, 0.1) is 38.4 Å². The van der Waals surface area contributed by atoms with Gasteiger partial charge in [-0.1, -0.05) is 72.8 Å². The summed E-state index contributed by atoms with van der Waals surface area (Å²) in [7, 11) is 0. The summed E-state index contributed by atoms with van der Waals surface area (Å²) < 4.78 is 33.1. The van der Waals surface area contributed by atoms with Crippen LogP contribution in [0.4, 0.5) is 0 Å². The average molecular weight is 672 g/mol. The Labute approximate surface area is 266 Å². The summed E-state index contributed by atoms with van der Waals surface area (Å²) >= 11 is 3.00. The second-order valence-corrected chi connectivity index (χ2v) is 10.1. The number of hydrogen-bond acceptors (Lipinski definition) is 10. The van der Waals surface area contributed by atoms with Crippen molar-refractivity contribution in [2.75, 3.05) is 6.61 Å². The van der Waals surface area contributed by atoms with Gasteiger partial charge in [-0.25, -0.2) is 19.2 Å². The standard InChI is InChI=1S/C34H26BrNO9/c35-36-30-29(45-34(40)25-19-11-4-12-20-25)28(44-33(39)24-17-9-3-10-18-24)27(43-32(38)23-15-7-2-8-16-23)26(42-30)21-41-31(37)22-13-5-1-6-14-22/h1-20,26-29H,21H2/b36-30-/t26-,27-,28+,29-/m1/s1. The van der Waals surface area contributed by atoms with Crippen LogP contribution in [0.1, 0.15) is 41.4 Å². The smallest absolute Gasteiger partial charge is 0.339 e. The molecule has 0 aliphatic carbocycles. The van der Waals surface area contributed by atoms with Crippen molar-refractivity contribution in [3.05, 3.63) is 144 Å². The van der Waals surface area contributed by atoms with Crippen molar-refractivity contribution in [1.82, 2.24) is 0 Å². The van der Waals surface area contributed by atoms with E-state index in [1.54, 1.807) is 109 Å². The van der Waals surface area contributed by atoms with Crippen molar-refractivity contribution in [3.63, 3.8) is 0 Å². The minimum absolute atomic E-state index is 0.189. The summed E-state index contributed by atoms with van der Waals surface area (Å²) in [6.45, 7) is -0.439. The van der Waals surface area contributed by atoms with Gasteiger partial charge < -0.3 is 23.7 Å². The second kappa shape index (κ2) is 14.9. The lowest BCUT2D eigenvalue weighted by Crippen LogP contribution is -2.61. The van der Waals surface area contributed by atoms with Gasteiger partial charge in [0, 0.05) is 0 Å². The molecule has 228 valence electrons. The molecule has 4 atom stereocenters. The van der Waals surface area contributed by atoms with Gasteiger partial charge in [0.1, 0.15) is 6.61 Å². The van der Waals surface area contributed by atoms with Gasteiger partial charge >= 0.3 is 23.9 Å². The number of esters is 4. The van der Waals surface area contributed by atoms with Crippen molar-refractivity contribution in [2.24, 2.45) is 4.02 Å². The Hall–Kier alpha value is -5.29. The SMILES string of the molecule is O=C(OC[C@H]1O/C(=N\Br)[C@H](OC(=O)c2ccccc2)[C@@H](OC(=O)c2ccccc2)[C@@H]1OC(=O)c1ccccc1)c1ccccc1. The van der Waals surface area contributed by atoms with Gasteiger partial charge in [0.25, 0.3) is 0 Å². The Balaban J connectivity index is 1.51. The van der Waals surface area contributed by atoms with Crippen LogP contribution in [0.25, 0.3) is 0 Å². The topological polar surface area (TPSA) is 127 Å². The predicted molar refractivity (Wildman–Crippen MR) is 165 cm³/mol. The molecule has 4 aromatic rings. The fraction of sp³-hybridized carbons (Fsp3) is 0.147. The Bertz CT molecular complexity index is 1650. The maximum atomic E-state index is 13.4. The number of hydrogen-bond donors (Lipinski definition) is 0. The van der Waals surface area contributed by atoms with E-state index in [1.165, 1.54) is 12.1 Å². The number of halogens is 1. The van der Waals surface area contributed by atoms with Crippen LogP contribution in [-0.4, -0.2) is 60.8 Å². The molecule has 45 heavy (non-hydrogen) atoms. The number of benzene rings is 4. The zero-order valence-corrected chi connectivity index (χ0v) is 25.1. The Kier molecular flexibility index (Phi) is 10.3. The molecule has 0 amide bonds. The summed E-state index contributed by atoms with van der Waals surface area (Å²) in [6.07, 6.45) is -5.62. The fourth-order valence-corrected chi connectivity index (χ4v) is 4.79. The molecule has 1 fully saturated rings. The molecule has 0 bridgehead atoms. The minimum Gasteiger partial charge on any atom is -0.467 e. The molecule has 0 unspecified atom stereocenters. The van der Waals surface area contributed by atoms with Crippen LogP contribution in [0.15, 0.2) is 125 Å². The highest BCUT2D eigenvalue weighted by molar-refractivity contribution is 9.08. The summed E-state index contributed by atoms with van der Waals surface area (Å²) in [5.74, 6) is -3.23. The molecule has 0 radical (unpaired) electrons. The molecular weight excluding hydrogens is 646 g/mol. The first kappa shape index (κ1) is 31.1. The maximum Gasteiger partial charge on any atom is 0.339 e. The zero-order chi connectivity index (χ0) is 31.6. The number of ether oxygens (including phenoxy) is 5. The van der Waals surface area contributed by atoms with Crippen LogP contribution < -0.4 is 0 Å². The molecule has 0 saturated carbocycles. The first-order valence-corrected chi connectivity index (χ1v) is 14.5. The van der Waals surface area contributed by atoms with Crippen LogP contribution in [0.3, 0.4) is 0 Å². The molecule has 0 aromatic heterocycles. The van der Waals surface area contributed by atoms with Crippen LogP contribution >= 0.6 is 16.1 Å². The third-order valence-corrected chi connectivity index (χ3v) is 7.07. The highest BCUT2D eigenvalue weighted by Gasteiger charge is 2.52. The highest BCUT2D eigenvalue weighted by atomic mass is 79.9. The maximum absolute atomic E-state index is 13.4. The Morgan fingerprint density at radius 3 is 1.36 bits per heavy atom. The second-order valence-electron chi connectivity index (χ2n) is 9.71. The lowest BCUT2D eigenvalue weighted by Gasteiger charge is -2.40. The van der Waals surface area contributed by atoms with E-state index in [4.69, 9.17) is 23.7 Å². The lowest BCUT2D eigenvalue weighted by atomic mass is 9.98. The first-order chi connectivity index (χ1) is 21.9. The zero-order valence-electron chi connectivity index (χ0n) is 23.6.